The Morgan fingerprint density at radius 1 is 1.31 bits per heavy atom. The van der Waals surface area contributed by atoms with E-state index < -0.39 is 17.7 Å². The van der Waals surface area contributed by atoms with Crippen molar-refractivity contribution >= 4 is 11.8 Å². The standard InChI is InChI=1S/C18H24F3N3O2/c1-23(2)9-10-24-12-14(11-16(24)25)17(26)22-8-7-13-5-3-4-6-15(13)18(19,20)21/h3-6,14H,7-12H2,1-2H3,(H,22,26). The first kappa shape index (κ1) is 20.2. The lowest BCUT2D eigenvalue weighted by Crippen LogP contribution is -2.36. The highest BCUT2D eigenvalue weighted by Gasteiger charge is 2.34. The zero-order valence-electron chi connectivity index (χ0n) is 15.0. The van der Waals surface area contributed by atoms with Gasteiger partial charge in [0.1, 0.15) is 0 Å². The van der Waals surface area contributed by atoms with Crippen molar-refractivity contribution in [2.24, 2.45) is 5.92 Å². The van der Waals surface area contributed by atoms with Crippen molar-refractivity contribution in [3.63, 3.8) is 0 Å². The van der Waals surface area contributed by atoms with E-state index in [9.17, 15) is 22.8 Å². The van der Waals surface area contributed by atoms with Crippen LogP contribution >= 0.6 is 0 Å². The van der Waals surface area contributed by atoms with E-state index in [1.54, 1.807) is 11.0 Å². The molecule has 1 aromatic rings. The number of likely N-dealkylation sites (N-methyl/N-ethyl adjacent to an activating group) is 1. The van der Waals surface area contributed by atoms with Crippen LogP contribution in [0.1, 0.15) is 17.5 Å². The summed E-state index contributed by atoms with van der Waals surface area (Å²) in [5.74, 6) is -0.785. The largest absolute Gasteiger partial charge is 0.416 e. The smallest absolute Gasteiger partial charge is 0.355 e. The van der Waals surface area contributed by atoms with Crippen LogP contribution in [0.3, 0.4) is 0 Å². The Morgan fingerprint density at radius 2 is 2.00 bits per heavy atom. The van der Waals surface area contributed by atoms with E-state index in [4.69, 9.17) is 0 Å². The van der Waals surface area contributed by atoms with Crippen LogP contribution in [0.4, 0.5) is 13.2 Å². The number of hydrogen-bond acceptors (Lipinski definition) is 3. The number of carbonyl (C=O) groups excluding carboxylic acids is 2. The van der Waals surface area contributed by atoms with E-state index in [1.807, 2.05) is 19.0 Å². The number of carbonyl (C=O) groups is 2. The third kappa shape index (κ3) is 5.45. The van der Waals surface area contributed by atoms with Crippen LogP contribution in [0.25, 0.3) is 0 Å². The van der Waals surface area contributed by atoms with E-state index >= 15 is 0 Å². The quantitative estimate of drug-likeness (QED) is 0.795. The van der Waals surface area contributed by atoms with Crippen molar-refractivity contribution in [3.8, 4) is 0 Å². The van der Waals surface area contributed by atoms with Crippen LogP contribution in [-0.2, 0) is 22.2 Å². The Kier molecular flexibility index (Phi) is 6.63. The summed E-state index contributed by atoms with van der Waals surface area (Å²) in [5, 5.41) is 2.66. The van der Waals surface area contributed by atoms with Gasteiger partial charge in [0, 0.05) is 32.6 Å². The van der Waals surface area contributed by atoms with Crippen LogP contribution in [0.5, 0.6) is 0 Å². The summed E-state index contributed by atoms with van der Waals surface area (Å²) in [6.45, 7) is 1.74. The van der Waals surface area contributed by atoms with Gasteiger partial charge in [-0.05, 0) is 32.1 Å². The van der Waals surface area contributed by atoms with Crippen LogP contribution < -0.4 is 5.32 Å². The van der Waals surface area contributed by atoms with Gasteiger partial charge in [0.15, 0.2) is 0 Å². The molecule has 144 valence electrons. The number of hydrogen-bond donors (Lipinski definition) is 1. The average molecular weight is 371 g/mol. The van der Waals surface area contributed by atoms with Gasteiger partial charge in [0.2, 0.25) is 11.8 Å². The molecule has 1 fully saturated rings. The van der Waals surface area contributed by atoms with Crippen molar-refractivity contribution in [3.05, 3.63) is 35.4 Å². The molecule has 1 aromatic carbocycles. The third-order valence-corrected chi connectivity index (χ3v) is 4.42. The maximum absolute atomic E-state index is 13.0. The number of benzene rings is 1. The van der Waals surface area contributed by atoms with Gasteiger partial charge in [-0.1, -0.05) is 18.2 Å². The zero-order valence-corrected chi connectivity index (χ0v) is 15.0. The zero-order chi connectivity index (χ0) is 19.3. The number of nitrogens with one attached hydrogen (secondary N) is 1. The van der Waals surface area contributed by atoms with Gasteiger partial charge < -0.3 is 15.1 Å². The minimum atomic E-state index is -4.41. The number of alkyl halides is 3. The predicted molar refractivity (Wildman–Crippen MR) is 91.4 cm³/mol. The van der Waals surface area contributed by atoms with Crippen molar-refractivity contribution in [2.75, 3.05) is 40.3 Å². The summed E-state index contributed by atoms with van der Waals surface area (Å²) in [6, 6.07) is 5.34. The minimum absolute atomic E-state index is 0.0607. The Bertz CT molecular complexity index is 647. The van der Waals surface area contributed by atoms with E-state index in [2.05, 4.69) is 5.32 Å². The molecule has 1 heterocycles. The normalized spacial score (nSPS) is 17.8. The summed E-state index contributed by atoms with van der Waals surface area (Å²) in [6.07, 6.45) is -4.17. The topological polar surface area (TPSA) is 52.6 Å². The Balaban J connectivity index is 1.84. The fraction of sp³-hybridized carbons (Fsp3) is 0.556. The number of nitrogens with zero attached hydrogens (tertiary/aromatic N) is 2. The molecule has 5 nitrogen and oxygen atoms in total. The number of amides is 2. The highest BCUT2D eigenvalue weighted by Crippen LogP contribution is 2.31. The van der Waals surface area contributed by atoms with Gasteiger partial charge in [0.25, 0.3) is 0 Å². The van der Waals surface area contributed by atoms with E-state index in [0.717, 1.165) is 6.07 Å². The molecule has 0 radical (unpaired) electrons. The second-order valence-electron chi connectivity index (χ2n) is 6.74. The lowest BCUT2D eigenvalue weighted by atomic mass is 10.0. The molecule has 2 rings (SSSR count). The molecule has 26 heavy (non-hydrogen) atoms. The molecule has 1 atom stereocenters. The summed E-state index contributed by atoms with van der Waals surface area (Å²) in [5.41, 5.74) is -0.532. The molecule has 0 saturated carbocycles. The number of halogens is 3. The molecule has 1 unspecified atom stereocenters. The number of rotatable bonds is 7. The molecule has 1 aliphatic rings. The van der Waals surface area contributed by atoms with Crippen molar-refractivity contribution in [2.45, 2.75) is 19.0 Å². The second-order valence-corrected chi connectivity index (χ2v) is 6.74. The van der Waals surface area contributed by atoms with Gasteiger partial charge in [-0.15, -0.1) is 0 Å². The predicted octanol–water partition coefficient (Wildman–Crippen LogP) is 1.77. The first-order valence-corrected chi connectivity index (χ1v) is 8.54. The summed E-state index contributed by atoms with van der Waals surface area (Å²) in [4.78, 5) is 27.8. The number of likely N-dealkylation sites (tertiary alicyclic amines) is 1. The van der Waals surface area contributed by atoms with Gasteiger partial charge in [0.05, 0.1) is 11.5 Å². The summed E-state index contributed by atoms with van der Waals surface area (Å²) >= 11 is 0. The van der Waals surface area contributed by atoms with Gasteiger partial charge in [-0.3, -0.25) is 9.59 Å². The molecular weight excluding hydrogens is 347 g/mol. The third-order valence-electron chi connectivity index (χ3n) is 4.42. The second kappa shape index (κ2) is 8.53. The van der Waals surface area contributed by atoms with Crippen LogP contribution in [0, 0.1) is 5.92 Å². The molecule has 1 saturated heterocycles. The Hall–Kier alpha value is -2.09. The van der Waals surface area contributed by atoms with E-state index in [0.29, 0.717) is 19.6 Å². The first-order valence-electron chi connectivity index (χ1n) is 8.54. The van der Waals surface area contributed by atoms with Gasteiger partial charge >= 0.3 is 6.18 Å². The lowest BCUT2D eigenvalue weighted by molar-refractivity contribution is -0.138. The van der Waals surface area contributed by atoms with Gasteiger partial charge in [-0.2, -0.15) is 13.2 Å². The van der Waals surface area contributed by atoms with Crippen LogP contribution in [0.15, 0.2) is 24.3 Å². The minimum Gasteiger partial charge on any atom is -0.355 e. The highest BCUT2D eigenvalue weighted by atomic mass is 19.4. The molecule has 0 bridgehead atoms. The molecule has 8 heteroatoms. The summed E-state index contributed by atoms with van der Waals surface area (Å²) in [7, 11) is 3.81. The maximum Gasteiger partial charge on any atom is 0.416 e. The molecule has 0 aromatic heterocycles. The molecular formula is C18H24F3N3O2. The van der Waals surface area contributed by atoms with Crippen LogP contribution in [-0.4, -0.2) is 61.9 Å². The van der Waals surface area contributed by atoms with Crippen molar-refractivity contribution < 1.29 is 22.8 Å². The molecule has 0 aliphatic carbocycles. The monoisotopic (exact) mass is 371 g/mol. The van der Waals surface area contributed by atoms with E-state index in [-0.39, 0.29) is 36.8 Å². The summed E-state index contributed by atoms with van der Waals surface area (Å²) < 4.78 is 38.9. The molecule has 2 amide bonds. The van der Waals surface area contributed by atoms with Crippen LogP contribution in [0.2, 0.25) is 0 Å². The Morgan fingerprint density at radius 3 is 2.65 bits per heavy atom. The van der Waals surface area contributed by atoms with Crippen molar-refractivity contribution in [1.29, 1.82) is 0 Å². The fourth-order valence-corrected chi connectivity index (χ4v) is 2.96. The molecule has 1 aliphatic heterocycles. The Labute approximate surface area is 151 Å². The van der Waals surface area contributed by atoms with Gasteiger partial charge in [-0.25, -0.2) is 0 Å². The molecule has 1 N–H and O–H groups in total. The van der Waals surface area contributed by atoms with E-state index in [1.165, 1.54) is 12.1 Å². The first-order chi connectivity index (χ1) is 12.2. The molecule has 0 spiro atoms. The lowest BCUT2D eigenvalue weighted by Gasteiger charge is -2.19. The average Bonchev–Trinajstić information content (AvgIpc) is 2.93. The fourth-order valence-electron chi connectivity index (χ4n) is 2.96. The highest BCUT2D eigenvalue weighted by molar-refractivity contribution is 5.89. The van der Waals surface area contributed by atoms with Crippen molar-refractivity contribution in [1.82, 2.24) is 15.1 Å². The maximum atomic E-state index is 13.0. The SMILES string of the molecule is CN(C)CCN1CC(C(=O)NCCc2ccccc2C(F)(F)F)CC1=O.